The van der Waals surface area contributed by atoms with Crippen molar-refractivity contribution >= 4 is 0 Å². The number of likely N-dealkylation sites (N-methyl/N-ethyl adjacent to an activating group) is 1. The van der Waals surface area contributed by atoms with Gasteiger partial charge < -0.3 is 10.2 Å². The molecular formula is C12H25N3. The molecule has 3 nitrogen and oxygen atoms in total. The van der Waals surface area contributed by atoms with Gasteiger partial charge in [0, 0.05) is 38.3 Å². The monoisotopic (exact) mass is 211 g/mol. The summed E-state index contributed by atoms with van der Waals surface area (Å²) in [6.07, 6.45) is 1.31. The Labute approximate surface area is 93.8 Å². The molecule has 0 amide bonds. The smallest absolute Gasteiger partial charge is 0.0247 e. The highest BCUT2D eigenvalue weighted by Crippen LogP contribution is 2.21. The van der Waals surface area contributed by atoms with Crippen LogP contribution in [0, 0.1) is 5.92 Å². The molecule has 2 rings (SSSR count). The second-order valence-corrected chi connectivity index (χ2v) is 5.46. The minimum absolute atomic E-state index is 0.742. The Hall–Kier alpha value is -0.120. The molecule has 0 spiro atoms. The molecule has 3 heteroatoms. The third kappa shape index (κ3) is 2.52. The van der Waals surface area contributed by atoms with Crippen LogP contribution in [0.4, 0.5) is 0 Å². The summed E-state index contributed by atoms with van der Waals surface area (Å²) < 4.78 is 0. The zero-order chi connectivity index (χ0) is 10.8. The van der Waals surface area contributed by atoms with Crippen LogP contribution in [-0.2, 0) is 0 Å². The molecule has 0 aromatic rings. The fraction of sp³-hybridized carbons (Fsp3) is 1.00. The largest absolute Gasteiger partial charge is 0.315 e. The zero-order valence-corrected chi connectivity index (χ0v) is 10.4. The average molecular weight is 211 g/mol. The van der Waals surface area contributed by atoms with Crippen molar-refractivity contribution in [2.45, 2.75) is 32.4 Å². The average Bonchev–Trinajstić information content (AvgIpc) is 2.38. The number of piperazine rings is 1. The molecule has 0 aromatic heterocycles. The van der Waals surface area contributed by atoms with E-state index >= 15 is 0 Å². The van der Waals surface area contributed by atoms with E-state index in [0.29, 0.717) is 0 Å². The minimum Gasteiger partial charge on any atom is -0.315 e. The molecule has 0 saturated carbocycles. The highest BCUT2D eigenvalue weighted by atomic mass is 15.3. The number of hydrogen-bond donors (Lipinski definition) is 1. The van der Waals surface area contributed by atoms with Crippen LogP contribution in [0.1, 0.15) is 20.3 Å². The van der Waals surface area contributed by atoms with Gasteiger partial charge in [-0.05, 0) is 25.9 Å². The van der Waals surface area contributed by atoms with Crippen LogP contribution in [0.2, 0.25) is 0 Å². The van der Waals surface area contributed by atoms with Gasteiger partial charge in [-0.3, -0.25) is 4.90 Å². The summed E-state index contributed by atoms with van der Waals surface area (Å²) in [5.41, 5.74) is 0. The van der Waals surface area contributed by atoms with Crippen molar-refractivity contribution in [2.24, 2.45) is 5.92 Å². The topological polar surface area (TPSA) is 18.5 Å². The standard InChI is InChI=1S/C12H25N3/c1-10(2)12-8-13-5-4-11-9-14(3)6-7-15(11)12/h10-13H,4-9H2,1-3H3. The van der Waals surface area contributed by atoms with Crippen LogP contribution in [0.15, 0.2) is 0 Å². The van der Waals surface area contributed by atoms with Gasteiger partial charge in [-0.1, -0.05) is 13.8 Å². The maximum Gasteiger partial charge on any atom is 0.0247 e. The maximum absolute atomic E-state index is 3.59. The number of nitrogens with one attached hydrogen (secondary N) is 1. The third-order valence-corrected chi connectivity index (χ3v) is 3.93. The van der Waals surface area contributed by atoms with Crippen LogP contribution >= 0.6 is 0 Å². The van der Waals surface area contributed by atoms with Crippen molar-refractivity contribution < 1.29 is 0 Å². The molecule has 15 heavy (non-hydrogen) atoms. The highest BCUT2D eigenvalue weighted by molar-refractivity contribution is 4.90. The molecule has 88 valence electrons. The molecule has 2 aliphatic heterocycles. The molecule has 2 atom stereocenters. The van der Waals surface area contributed by atoms with Crippen molar-refractivity contribution in [3.05, 3.63) is 0 Å². The van der Waals surface area contributed by atoms with E-state index in [1.165, 1.54) is 39.1 Å². The predicted molar refractivity (Wildman–Crippen MR) is 64.1 cm³/mol. The molecule has 2 unspecified atom stereocenters. The minimum atomic E-state index is 0.742. The van der Waals surface area contributed by atoms with E-state index in [4.69, 9.17) is 0 Å². The molecule has 1 N–H and O–H groups in total. The Morgan fingerprint density at radius 3 is 2.80 bits per heavy atom. The SMILES string of the molecule is CC(C)C1CNCCC2CN(C)CCN21. The van der Waals surface area contributed by atoms with Gasteiger partial charge in [0.25, 0.3) is 0 Å². The van der Waals surface area contributed by atoms with Gasteiger partial charge >= 0.3 is 0 Å². The van der Waals surface area contributed by atoms with Gasteiger partial charge in [0.05, 0.1) is 0 Å². The first-order valence-corrected chi connectivity index (χ1v) is 6.33. The lowest BCUT2D eigenvalue weighted by Gasteiger charge is -2.44. The lowest BCUT2D eigenvalue weighted by molar-refractivity contribution is 0.0424. The third-order valence-electron chi connectivity index (χ3n) is 3.93. The van der Waals surface area contributed by atoms with E-state index in [-0.39, 0.29) is 0 Å². The summed E-state index contributed by atoms with van der Waals surface area (Å²) in [5, 5.41) is 3.59. The first kappa shape index (κ1) is 11.4. The number of nitrogens with zero attached hydrogens (tertiary/aromatic N) is 2. The van der Waals surface area contributed by atoms with Crippen LogP contribution in [0.5, 0.6) is 0 Å². The molecule has 2 saturated heterocycles. The van der Waals surface area contributed by atoms with E-state index in [1.807, 2.05) is 0 Å². The summed E-state index contributed by atoms with van der Waals surface area (Å²) >= 11 is 0. The Balaban J connectivity index is 2.07. The van der Waals surface area contributed by atoms with Crippen molar-refractivity contribution in [3.8, 4) is 0 Å². The Kier molecular flexibility index (Phi) is 3.65. The summed E-state index contributed by atoms with van der Waals surface area (Å²) in [6, 6.07) is 1.53. The highest BCUT2D eigenvalue weighted by Gasteiger charge is 2.33. The molecule has 2 fully saturated rings. The van der Waals surface area contributed by atoms with E-state index in [0.717, 1.165) is 18.0 Å². The summed E-state index contributed by atoms with van der Waals surface area (Å²) in [5.74, 6) is 0.765. The quantitative estimate of drug-likeness (QED) is 0.686. The van der Waals surface area contributed by atoms with Crippen LogP contribution in [-0.4, -0.2) is 61.7 Å². The van der Waals surface area contributed by atoms with Gasteiger partial charge in [0.2, 0.25) is 0 Å². The predicted octanol–water partition coefficient (Wildman–Crippen LogP) is 0.620. The lowest BCUT2D eigenvalue weighted by atomic mass is 9.99. The molecular weight excluding hydrogens is 186 g/mol. The van der Waals surface area contributed by atoms with E-state index in [9.17, 15) is 0 Å². The number of rotatable bonds is 1. The molecule has 2 heterocycles. The fourth-order valence-corrected chi connectivity index (χ4v) is 2.97. The molecule has 0 aliphatic carbocycles. The Morgan fingerprint density at radius 1 is 1.27 bits per heavy atom. The lowest BCUT2D eigenvalue weighted by Crippen LogP contribution is -2.57. The van der Waals surface area contributed by atoms with Crippen molar-refractivity contribution in [2.75, 3.05) is 39.8 Å². The van der Waals surface area contributed by atoms with E-state index in [2.05, 4.69) is 36.0 Å². The molecule has 0 bridgehead atoms. The van der Waals surface area contributed by atoms with E-state index < -0.39 is 0 Å². The molecule has 0 radical (unpaired) electrons. The van der Waals surface area contributed by atoms with Gasteiger partial charge in [-0.15, -0.1) is 0 Å². The second kappa shape index (κ2) is 4.81. The number of hydrogen-bond acceptors (Lipinski definition) is 3. The van der Waals surface area contributed by atoms with Crippen molar-refractivity contribution in [3.63, 3.8) is 0 Å². The molecule has 2 aliphatic rings. The van der Waals surface area contributed by atoms with Crippen molar-refractivity contribution in [1.29, 1.82) is 0 Å². The first-order chi connectivity index (χ1) is 7.18. The van der Waals surface area contributed by atoms with Crippen molar-refractivity contribution in [1.82, 2.24) is 15.1 Å². The first-order valence-electron chi connectivity index (χ1n) is 6.33. The van der Waals surface area contributed by atoms with Gasteiger partial charge in [0.15, 0.2) is 0 Å². The van der Waals surface area contributed by atoms with Gasteiger partial charge in [-0.25, -0.2) is 0 Å². The zero-order valence-electron chi connectivity index (χ0n) is 10.4. The summed E-state index contributed by atoms with van der Waals surface area (Å²) in [6.45, 7) is 10.8. The Morgan fingerprint density at radius 2 is 2.07 bits per heavy atom. The summed E-state index contributed by atoms with van der Waals surface area (Å²) in [4.78, 5) is 5.23. The van der Waals surface area contributed by atoms with Crippen LogP contribution in [0.3, 0.4) is 0 Å². The Bertz CT molecular complexity index is 205. The summed E-state index contributed by atoms with van der Waals surface area (Å²) in [7, 11) is 2.25. The normalized spacial score (nSPS) is 35.2. The molecule has 0 aromatic carbocycles. The maximum atomic E-state index is 3.59. The fourth-order valence-electron chi connectivity index (χ4n) is 2.97. The van der Waals surface area contributed by atoms with E-state index in [1.54, 1.807) is 0 Å². The van der Waals surface area contributed by atoms with Gasteiger partial charge in [-0.2, -0.15) is 0 Å². The van der Waals surface area contributed by atoms with Crippen LogP contribution < -0.4 is 5.32 Å². The van der Waals surface area contributed by atoms with Crippen LogP contribution in [0.25, 0.3) is 0 Å². The van der Waals surface area contributed by atoms with Gasteiger partial charge in [0.1, 0.15) is 0 Å². The number of fused-ring (bicyclic) bond motifs is 1. The second-order valence-electron chi connectivity index (χ2n) is 5.46.